The zero-order valence-corrected chi connectivity index (χ0v) is 13.3. The fourth-order valence-corrected chi connectivity index (χ4v) is 2.54. The van der Waals surface area contributed by atoms with Crippen LogP contribution < -0.4 is 5.56 Å². The molecule has 1 aromatic heterocycles. The van der Waals surface area contributed by atoms with Crippen molar-refractivity contribution in [1.29, 1.82) is 0 Å². The summed E-state index contributed by atoms with van der Waals surface area (Å²) in [6, 6.07) is 7.24. The Morgan fingerprint density at radius 3 is 2.55 bits per heavy atom. The molecule has 5 nitrogen and oxygen atoms in total. The summed E-state index contributed by atoms with van der Waals surface area (Å²) in [6.45, 7) is 5.71. The molecule has 0 atom stereocenters. The zero-order chi connectivity index (χ0) is 15.9. The molecule has 0 bridgehead atoms. The van der Waals surface area contributed by atoms with E-state index < -0.39 is 0 Å². The molecule has 22 heavy (non-hydrogen) atoms. The van der Waals surface area contributed by atoms with Gasteiger partial charge in [0, 0.05) is 25.9 Å². The Bertz CT molecular complexity index is 688. The topological polar surface area (TPSA) is 66.1 Å². The van der Waals surface area contributed by atoms with Gasteiger partial charge in [-0.15, -0.1) is 0 Å². The number of hydrogen-bond donors (Lipinski definition) is 1. The van der Waals surface area contributed by atoms with Gasteiger partial charge in [-0.2, -0.15) is 0 Å². The Labute approximate surface area is 130 Å². The number of aromatic nitrogens is 2. The maximum absolute atomic E-state index is 12.3. The van der Waals surface area contributed by atoms with E-state index in [9.17, 15) is 9.59 Å². The molecule has 0 fully saturated rings. The maximum Gasteiger partial charge on any atom is 0.258 e. The van der Waals surface area contributed by atoms with Gasteiger partial charge in [-0.3, -0.25) is 9.59 Å². The third-order valence-electron chi connectivity index (χ3n) is 3.58. The van der Waals surface area contributed by atoms with Crippen LogP contribution in [0.25, 0.3) is 10.9 Å². The molecule has 0 aliphatic rings. The van der Waals surface area contributed by atoms with Gasteiger partial charge in [0.2, 0.25) is 5.91 Å². The Kier molecular flexibility index (Phi) is 5.69. The second-order valence-electron chi connectivity index (χ2n) is 5.41. The minimum Gasteiger partial charge on any atom is -0.343 e. The summed E-state index contributed by atoms with van der Waals surface area (Å²) in [6.07, 6.45) is 2.75. The Morgan fingerprint density at radius 2 is 1.86 bits per heavy atom. The van der Waals surface area contributed by atoms with E-state index in [1.807, 2.05) is 23.1 Å². The van der Waals surface area contributed by atoms with Gasteiger partial charge in [0.1, 0.15) is 5.82 Å². The molecule has 0 saturated heterocycles. The number of amides is 1. The van der Waals surface area contributed by atoms with Crippen molar-refractivity contribution in [3.8, 4) is 0 Å². The first-order valence-corrected chi connectivity index (χ1v) is 7.91. The summed E-state index contributed by atoms with van der Waals surface area (Å²) in [5, 5.41) is 0.580. The van der Waals surface area contributed by atoms with E-state index in [1.54, 1.807) is 6.07 Å². The number of rotatable bonds is 7. The lowest BCUT2D eigenvalue weighted by Gasteiger charge is -2.21. The summed E-state index contributed by atoms with van der Waals surface area (Å²) in [7, 11) is 0. The van der Waals surface area contributed by atoms with Gasteiger partial charge in [0.05, 0.1) is 10.9 Å². The highest BCUT2D eigenvalue weighted by Gasteiger charge is 2.12. The molecule has 1 heterocycles. The van der Waals surface area contributed by atoms with E-state index >= 15 is 0 Å². The number of carbonyl (C=O) groups is 1. The number of benzene rings is 1. The van der Waals surface area contributed by atoms with Crippen molar-refractivity contribution in [2.24, 2.45) is 0 Å². The average Bonchev–Trinajstić information content (AvgIpc) is 2.52. The maximum atomic E-state index is 12.3. The van der Waals surface area contributed by atoms with E-state index in [2.05, 4.69) is 23.8 Å². The number of fused-ring (bicyclic) bond motifs is 1. The van der Waals surface area contributed by atoms with Crippen LogP contribution in [0.1, 0.15) is 38.9 Å². The summed E-state index contributed by atoms with van der Waals surface area (Å²) >= 11 is 0. The van der Waals surface area contributed by atoms with Crippen LogP contribution in [0.3, 0.4) is 0 Å². The molecular weight excluding hydrogens is 278 g/mol. The van der Waals surface area contributed by atoms with Crippen LogP contribution in [0.4, 0.5) is 0 Å². The van der Waals surface area contributed by atoms with Crippen molar-refractivity contribution in [3.63, 3.8) is 0 Å². The SMILES string of the molecule is CCCN(CCC)C(=O)CCc1nc2ccccc2c(=O)[nH]1. The Hall–Kier alpha value is -2.17. The van der Waals surface area contributed by atoms with Gasteiger partial charge in [0.25, 0.3) is 5.56 Å². The Balaban J connectivity index is 2.08. The van der Waals surface area contributed by atoms with Crippen molar-refractivity contribution < 1.29 is 4.79 Å². The number of aromatic amines is 1. The summed E-state index contributed by atoms with van der Waals surface area (Å²) < 4.78 is 0. The average molecular weight is 301 g/mol. The number of aryl methyl sites for hydroxylation is 1. The predicted molar refractivity (Wildman–Crippen MR) is 87.8 cm³/mol. The lowest BCUT2D eigenvalue weighted by molar-refractivity contribution is -0.131. The molecule has 118 valence electrons. The number of H-pyrrole nitrogens is 1. The number of carbonyl (C=O) groups excluding carboxylic acids is 1. The molecule has 0 radical (unpaired) electrons. The zero-order valence-electron chi connectivity index (χ0n) is 13.3. The monoisotopic (exact) mass is 301 g/mol. The van der Waals surface area contributed by atoms with Crippen molar-refractivity contribution >= 4 is 16.8 Å². The van der Waals surface area contributed by atoms with Gasteiger partial charge in [-0.1, -0.05) is 26.0 Å². The van der Waals surface area contributed by atoms with Crippen LogP contribution in [0, 0.1) is 0 Å². The molecule has 0 unspecified atom stereocenters. The first kappa shape index (κ1) is 16.2. The minimum absolute atomic E-state index is 0.125. The molecule has 1 aromatic carbocycles. The third kappa shape index (κ3) is 3.93. The predicted octanol–water partition coefficient (Wildman–Crippen LogP) is 2.50. The van der Waals surface area contributed by atoms with Gasteiger partial charge < -0.3 is 9.88 Å². The molecule has 5 heteroatoms. The van der Waals surface area contributed by atoms with Crippen LogP contribution >= 0.6 is 0 Å². The van der Waals surface area contributed by atoms with Gasteiger partial charge in [-0.05, 0) is 25.0 Å². The van der Waals surface area contributed by atoms with Crippen LogP contribution in [0.5, 0.6) is 0 Å². The quantitative estimate of drug-likeness (QED) is 0.854. The molecule has 2 aromatic rings. The second kappa shape index (κ2) is 7.73. The highest BCUT2D eigenvalue weighted by atomic mass is 16.2. The van der Waals surface area contributed by atoms with E-state index in [1.165, 1.54) is 0 Å². The summed E-state index contributed by atoms with van der Waals surface area (Å²) in [5.41, 5.74) is 0.527. The van der Waals surface area contributed by atoms with Crippen molar-refractivity contribution in [3.05, 3.63) is 40.4 Å². The molecule has 2 rings (SSSR count). The van der Waals surface area contributed by atoms with Crippen LogP contribution in [0.15, 0.2) is 29.1 Å². The number of nitrogens with zero attached hydrogens (tertiary/aromatic N) is 2. The van der Waals surface area contributed by atoms with Crippen molar-refractivity contribution in [2.45, 2.75) is 39.5 Å². The second-order valence-corrected chi connectivity index (χ2v) is 5.41. The standard InChI is InChI=1S/C17H23N3O2/c1-3-11-20(12-4-2)16(21)10-9-15-18-14-8-6-5-7-13(14)17(22)19-15/h5-8H,3-4,9-12H2,1-2H3,(H,18,19,22). The molecule has 0 saturated carbocycles. The lowest BCUT2D eigenvalue weighted by atomic mass is 10.2. The van der Waals surface area contributed by atoms with E-state index in [4.69, 9.17) is 0 Å². The van der Waals surface area contributed by atoms with Gasteiger partial charge >= 0.3 is 0 Å². The summed E-state index contributed by atoms with van der Waals surface area (Å²) in [4.78, 5) is 33.3. The van der Waals surface area contributed by atoms with E-state index in [0.29, 0.717) is 29.6 Å². The van der Waals surface area contributed by atoms with Crippen LogP contribution in [-0.4, -0.2) is 33.9 Å². The number of nitrogens with one attached hydrogen (secondary N) is 1. The lowest BCUT2D eigenvalue weighted by Crippen LogP contribution is -2.32. The molecule has 0 aliphatic carbocycles. The van der Waals surface area contributed by atoms with Crippen LogP contribution in [0.2, 0.25) is 0 Å². The van der Waals surface area contributed by atoms with Crippen molar-refractivity contribution in [1.82, 2.24) is 14.9 Å². The normalized spacial score (nSPS) is 10.8. The van der Waals surface area contributed by atoms with Crippen LogP contribution in [-0.2, 0) is 11.2 Å². The number of para-hydroxylation sites is 1. The van der Waals surface area contributed by atoms with E-state index in [0.717, 1.165) is 25.9 Å². The molecule has 0 spiro atoms. The fraction of sp³-hybridized carbons (Fsp3) is 0.471. The highest BCUT2D eigenvalue weighted by Crippen LogP contribution is 2.07. The molecule has 1 amide bonds. The van der Waals surface area contributed by atoms with Gasteiger partial charge in [-0.25, -0.2) is 4.98 Å². The largest absolute Gasteiger partial charge is 0.343 e. The number of hydrogen-bond acceptors (Lipinski definition) is 3. The van der Waals surface area contributed by atoms with Crippen molar-refractivity contribution in [2.75, 3.05) is 13.1 Å². The van der Waals surface area contributed by atoms with E-state index in [-0.39, 0.29) is 11.5 Å². The molecule has 1 N–H and O–H groups in total. The highest BCUT2D eigenvalue weighted by molar-refractivity contribution is 5.78. The molecule has 0 aliphatic heterocycles. The Morgan fingerprint density at radius 1 is 1.18 bits per heavy atom. The minimum atomic E-state index is -0.146. The summed E-state index contributed by atoms with van der Waals surface area (Å²) in [5.74, 6) is 0.699. The third-order valence-corrected chi connectivity index (χ3v) is 3.58. The fourth-order valence-electron chi connectivity index (χ4n) is 2.54. The smallest absolute Gasteiger partial charge is 0.258 e. The first-order valence-electron chi connectivity index (χ1n) is 7.91. The first-order chi connectivity index (χ1) is 10.7. The molecular formula is C17H23N3O2. The van der Waals surface area contributed by atoms with Gasteiger partial charge in [0.15, 0.2) is 0 Å².